The minimum absolute atomic E-state index is 0.460. The monoisotopic (exact) mass is 1180 g/mol. The van der Waals surface area contributed by atoms with Crippen LogP contribution in [0.2, 0.25) is 0 Å². The Labute approximate surface area is 523 Å². The molecule has 4 heterocycles. The van der Waals surface area contributed by atoms with E-state index in [1.54, 1.807) is 0 Å². The van der Waals surface area contributed by atoms with Crippen LogP contribution in [-0.4, -0.2) is 59.0 Å². The minimum atomic E-state index is -0.481. The molecule has 0 radical (unpaired) electrons. The van der Waals surface area contributed by atoms with Crippen molar-refractivity contribution in [1.82, 2.24) is 9.13 Å². The maximum absolute atomic E-state index is 7.36. The lowest BCUT2D eigenvalue weighted by molar-refractivity contribution is 0.00578. The van der Waals surface area contributed by atoms with Gasteiger partial charge in [0.2, 0.25) is 0 Å². The number of aryl methyl sites for hydroxylation is 2. The van der Waals surface area contributed by atoms with Crippen LogP contribution in [0.25, 0.3) is 54.7 Å². The Morgan fingerprint density at radius 1 is 0.349 bits per heavy atom. The van der Waals surface area contributed by atoms with Crippen molar-refractivity contribution in [3.63, 3.8) is 0 Å². The van der Waals surface area contributed by atoms with E-state index in [-0.39, 0.29) is 0 Å². The molecule has 0 aliphatic carbocycles. The van der Waals surface area contributed by atoms with Gasteiger partial charge in [0.25, 0.3) is 0 Å². The smallest absolute Gasteiger partial charge is 0.493 e. The van der Waals surface area contributed by atoms with Crippen LogP contribution in [0.4, 0.5) is 0 Å². The highest BCUT2D eigenvalue weighted by Gasteiger charge is 2.53. The predicted octanol–water partition coefficient (Wildman–Crippen LogP) is 20.3. The van der Waals surface area contributed by atoms with Crippen molar-refractivity contribution in [3.8, 4) is 22.6 Å². The van der Waals surface area contributed by atoms with E-state index in [9.17, 15) is 0 Å². The Kier molecular flexibility index (Phi) is 22.8. The summed E-state index contributed by atoms with van der Waals surface area (Å²) in [4.78, 5) is 0. The lowest BCUT2D eigenvalue weighted by Crippen LogP contribution is -2.41. The van der Waals surface area contributed by atoms with E-state index in [0.717, 1.165) is 84.2 Å². The van der Waals surface area contributed by atoms with Crippen LogP contribution in [0.15, 0.2) is 60.7 Å². The molecule has 0 N–H and O–H groups in total. The summed E-state index contributed by atoms with van der Waals surface area (Å²) in [5.41, 5.74) is 7.23. The van der Waals surface area contributed by atoms with Crippen molar-refractivity contribution in [2.24, 2.45) is 47.3 Å². The summed E-state index contributed by atoms with van der Waals surface area (Å²) in [5, 5.41) is 4.82. The average Bonchev–Trinajstić information content (AvgIpc) is 1.64. The van der Waals surface area contributed by atoms with E-state index in [1.165, 1.54) is 121 Å². The fourth-order valence-electron chi connectivity index (χ4n) is 13.2. The molecule has 0 bridgehead atoms. The molecule has 2 aromatic heterocycles. The topological polar surface area (TPSA) is 65.2 Å². The van der Waals surface area contributed by atoms with Gasteiger partial charge < -0.3 is 37.2 Å². The average molecular weight is 1180 g/mol. The second-order valence-corrected chi connectivity index (χ2v) is 31.3. The molecule has 2 fully saturated rings. The Hall–Kier alpha value is -3.95. The molecule has 0 saturated carbocycles. The first-order valence-corrected chi connectivity index (χ1v) is 34.7. The zero-order valence-electron chi connectivity index (χ0n) is 58.0. The zero-order chi connectivity index (χ0) is 62.5. The number of rotatable bonds is 33. The van der Waals surface area contributed by atoms with Crippen molar-refractivity contribution in [3.05, 3.63) is 60.7 Å². The number of fused-ring (bicyclic) bond motifs is 6. The third-order valence-corrected chi connectivity index (χ3v) is 20.7. The van der Waals surface area contributed by atoms with Gasteiger partial charge in [0.15, 0.2) is 0 Å². The summed E-state index contributed by atoms with van der Waals surface area (Å²) >= 11 is 0. The molecule has 0 amide bonds. The van der Waals surface area contributed by atoms with Gasteiger partial charge in [0.1, 0.15) is 11.5 Å². The molecule has 2 aliphatic heterocycles. The Bertz CT molecular complexity index is 2920. The molecule has 4 atom stereocenters. The maximum atomic E-state index is 7.36. The summed E-state index contributed by atoms with van der Waals surface area (Å²) in [5.74, 6) is 7.00. The quantitative estimate of drug-likeness (QED) is 0.0383. The maximum Gasteiger partial charge on any atom is 0.494 e. The fraction of sp³-hybridized carbons (Fsp3) is 0.684. The largest absolute Gasteiger partial charge is 0.494 e. The Balaban J connectivity index is 1.35. The highest BCUT2D eigenvalue weighted by Crippen LogP contribution is 2.47. The molecular formula is C76H118B2N2O6. The highest BCUT2D eigenvalue weighted by molar-refractivity contribution is 6.63. The predicted molar refractivity (Wildman–Crippen MR) is 370 cm³/mol. The third kappa shape index (κ3) is 16.5. The van der Waals surface area contributed by atoms with Gasteiger partial charge in [-0.25, -0.2) is 0 Å². The first-order chi connectivity index (χ1) is 40.5. The SMILES string of the molecule is CC(C)CCCC(C)CCOc1cc2c(cc1-c1cc3c4cc(B5OC(C)(C)C(C)(C)O5)ccc4n(CCC(C)CCCC(C)C)c3cc1OCCC(C)CCCC(C)C)c1cc(B3OC(C)(C)C(C)(C)O3)ccc1n2CCC(C)CCCC(C)C. The first kappa shape index (κ1) is 68.0. The standard InChI is InChI=1S/C76H118B2N2O6/c1-51(2)25-21-29-55(9)37-41-79-67-35-33-59(77-83-73(13,14)74(15,16)84-77)45-61(67)63-47-65(71(49-69(63)79)81-43-39-57(11)31-23-27-53(5)6)66-48-64-62-46-60(78-85-75(17,18)76(19,20)86-78)34-36-68(62)80(42-38-56(10)30-22-26-52(3)4)70(64)50-72(66)82-44-40-58(12)32-24-28-54(7)8/h33-36,45-58H,21-32,37-44H2,1-20H3. The second-order valence-electron chi connectivity index (χ2n) is 31.3. The van der Waals surface area contributed by atoms with Crippen molar-refractivity contribution < 1.29 is 28.1 Å². The molecule has 4 unspecified atom stereocenters. The van der Waals surface area contributed by atoms with Gasteiger partial charge in [-0.1, -0.05) is 184 Å². The van der Waals surface area contributed by atoms with Crippen LogP contribution in [-0.2, 0) is 31.7 Å². The Morgan fingerprint density at radius 2 is 0.640 bits per heavy atom. The molecule has 474 valence electrons. The van der Waals surface area contributed by atoms with Crippen LogP contribution < -0.4 is 20.4 Å². The van der Waals surface area contributed by atoms with Gasteiger partial charge in [0, 0.05) is 68.9 Å². The third-order valence-electron chi connectivity index (χ3n) is 20.7. The van der Waals surface area contributed by atoms with E-state index in [1.807, 2.05) is 0 Å². The van der Waals surface area contributed by atoms with Crippen LogP contribution in [0, 0.1) is 47.3 Å². The van der Waals surface area contributed by atoms with E-state index < -0.39 is 36.6 Å². The molecule has 2 aliphatic rings. The van der Waals surface area contributed by atoms with Crippen molar-refractivity contribution >= 4 is 68.8 Å². The summed E-state index contributed by atoms with van der Waals surface area (Å²) in [7, 11) is -0.961. The van der Waals surface area contributed by atoms with Gasteiger partial charge in [-0.2, -0.15) is 0 Å². The van der Waals surface area contributed by atoms with Gasteiger partial charge in [0.05, 0.1) is 46.7 Å². The fourth-order valence-corrected chi connectivity index (χ4v) is 13.2. The lowest BCUT2D eigenvalue weighted by atomic mass is 9.78. The van der Waals surface area contributed by atoms with Crippen LogP contribution in [0.1, 0.15) is 241 Å². The van der Waals surface area contributed by atoms with Gasteiger partial charge in [-0.15, -0.1) is 0 Å². The molecule has 8 nitrogen and oxygen atoms in total. The Morgan fingerprint density at radius 3 is 0.942 bits per heavy atom. The lowest BCUT2D eigenvalue weighted by Gasteiger charge is -2.32. The highest BCUT2D eigenvalue weighted by atomic mass is 16.7. The van der Waals surface area contributed by atoms with E-state index in [0.29, 0.717) is 48.7 Å². The van der Waals surface area contributed by atoms with E-state index >= 15 is 0 Å². The molecule has 4 aromatic carbocycles. The number of hydrogen-bond acceptors (Lipinski definition) is 6. The summed E-state index contributed by atoms with van der Waals surface area (Å²) in [6, 6.07) is 23.6. The number of ether oxygens (including phenoxy) is 2. The second kappa shape index (κ2) is 28.9. The van der Waals surface area contributed by atoms with Crippen LogP contribution in [0.5, 0.6) is 11.5 Å². The molecule has 0 spiro atoms. The summed E-state index contributed by atoms with van der Waals surface area (Å²) < 4.78 is 47.0. The van der Waals surface area contributed by atoms with Crippen molar-refractivity contribution in [1.29, 1.82) is 0 Å². The minimum Gasteiger partial charge on any atom is -0.493 e. The van der Waals surface area contributed by atoms with Crippen molar-refractivity contribution in [2.45, 2.75) is 277 Å². The van der Waals surface area contributed by atoms with Gasteiger partial charge in [-0.05, 0) is 164 Å². The number of hydrogen-bond donors (Lipinski definition) is 0. The van der Waals surface area contributed by atoms with Crippen LogP contribution >= 0.6 is 0 Å². The molecule has 86 heavy (non-hydrogen) atoms. The normalized spacial score (nSPS) is 18.1. The van der Waals surface area contributed by atoms with Crippen molar-refractivity contribution in [2.75, 3.05) is 13.2 Å². The van der Waals surface area contributed by atoms with Crippen LogP contribution in [0.3, 0.4) is 0 Å². The van der Waals surface area contributed by atoms with Gasteiger partial charge >= 0.3 is 14.2 Å². The molecule has 6 aromatic rings. The van der Waals surface area contributed by atoms with E-state index in [2.05, 4.69) is 208 Å². The number of benzene rings is 4. The summed E-state index contributed by atoms with van der Waals surface area (Å²) in [6.45, 7) is 48.8. The van der Waals surface area contributed by atoms with Gasteiger partial charge in [-0.3, -0.25) is 0 Å². The first-order valence-electron chi connectivity index (χ1n) is 34.7. The molecular weight excluding hydrogens is 1060 g/mol. The number of aromatic nitrogens is 2. The molecule has 2 saturated heterocycles. The molecule has 8 rings (SSSR count). The van der Waals surface area contributed by atoms with E-state index in [4.69, 9.17) is 28.1 Å². The number of nitrogens with zero attached hydrogens (tertiary/aromatic N) is 2. The molecule has 10 heteroatoms. The zero-order valence-corrected chi connectivity index (χ0v) is 58.0. The summed E-state index contributed by atoms with van der Waals surface area (Å²) in [6.07, 6.45) is 19.2.